The predicted octanol–water partition coefficient (Wildman–Crippen LogP) is 2.14. The highest BCUT2D eigenvalue weighted by Crippen LogP contribution is 2.24. The summed E-state index contributed by atoms with van der Waals surface area (Å²) in [6, 6.07) is 7.46. The van der Waals surface area contributed by atoms with Crippen LogP contribution in [0.15, 0.2) is 36.4 Å². The molecule has 0 saturated heterocycles. The van der Waals surface area contributed by atoms with Crippen molar-refractivity contribution < 1.29 is 18.9 Å². The van der Waals surface area contributed by atoms with Crippen LogP contribution in [0.4, 0.5) is 15.8 Å². The second kappa shape index (κ2) is 8.13. The van der Waals surface area contributed by atoms with Gasteiger partial charge in [-0.1, -0.05) is 12.1 Å². The molecule has 1 atom stereocenters. The molecule has 0 aromatic heterocycles. The van der Waals surface area contributed by atoms with E-state index in [1.165, 1.54) is 31.2 Å². The molecule has 0 saturated carbocycles. The van der Waals surface area contributed by atoms with E-state index in [1.807, 2.05) is 0 Å². The fraction of sp³-hybridized carbons (Fsp3) is 0.263. The van der Waals surface area contributed by atoms with E-state index in [2.05, 4.69) is 16.0 Å². The first-order chi connectivity index (χ1) is 13.4. The van der Waals surface area contributed by atoms with Gasteiger partial charge in [0.05, 0.1) is 10.6 Å². The smallest absolute Gasteiger partial charge is 0.270 e. The Morgan fingerprint density at radius 2 is 2.07 bits per heavy atom. The summed E-state index contributed by atoms with van der Waals surface area (Å²) in [4.78, 5) is 34.8. The second-order valence-electron chi connectivity index (χ2n) is 6.48. The number of carbonyl (C=O) groups excluding carboxylic acids is 2. The molecule has 146 valence electrons. The van der Waals surface area contributed by atoms with Gasteiger partial charge in [-0.3, -0.25) is 19.7 Å². The van der Waals surface area contributed by atoms with Crippen molar-refractivity contribution in [3.8, 4) is 0 Å². The number of anilines is 1. The molecule has 0 aliphatic carbocycles. The standard InChI is InChI=1S/C19H19FN4O4/c1-11(22-19(26)12-3-2-4-14(9-12)24(27)28)18(25)23-16-6-5-13-10-21-8-7-15(13)17(16)20/h2-6,9,11,21H,7-8,10H2,1H3,(H,22,26)(H,23,25). The van der Waals surface area contributed by atoms with Crippen molar-refractivity contribution in [1.82, 2.24) is 10.6 Å². The van der Waals surface area contributed by atoms with Crippen molar-refractivity contribution in [3.63, 3.8) is 0 Å². The van der Waals surface area contributed by atoms with E-state index in [0.717, 1.165) is 11.6 Å². The van der Waals surface area contributed by atoms with Crippen LogP contribution >= 0.6 is 0 Å². The first-order valence-corrected chi connectivity index (χ1v) is 8.74. The largest absolute Gasteiger partial charge is 0.341 e. The molecule has 2 aromatic rings. The summed E-state index contributed by atoms with van der Waals surface area (Å²) in [7, 11) is 0. The van der Waals surface area contributed by atoms with E-state index >= 15 is 0 Å². The maximum Gasteiger partial charge on any atom is 0.270 e. The molecular formula is C19H19FN4O4. The lowest BCUT2D eigenvalue weighted by molar-refractivity contribution is -0.384. The monoisotopic (exact) mass is 386 g/mol. The zero-order valence-electron chi connectivity index (χ0n) is 15.1. The van der Waals surface area contributed by atoms with Crippen LogP contribution < -0.4 is 16.0 Å². The number of nitrogens with one attached hydrogen (secondary N) is 3. The molecule has 2 amide bonds. The molecule has 3 rings (SSSR count). The van der Waals surface area contributed by atoms with Gasteiger partial charge in [-0.25, -0.2) is 4.39 Å². The number of carbonyl (C=O) groups is 2. The summed E-state index contributed by atoms with van der Waals surface area (Å²) < 4.78 is 14.6. The number of nitro benzene ring substituents is 1. The van der Waals surface area contributed by atoms with Crippen LogP contribution in [0.3, 0.4) is 0 Å². The first-order valence-electron chi connectivity index (χ1n) is 8.74. The molecule has 1 aliphatic rings. The number of non-ortho nitro benzene ring substituents is 1. The van der Waals surface area contributed by atoms with Crippen molar-refractivity contribution in [2.75, 3.05) is 11.9 Å². The van der Waals surface area contributed by atoms with Crippen LogP contribution in [0.5, 0.6) is 0 Å². The molecule has 28 heavy (non-hydrogen) atoms. The molecule has 3 N–H and O–H groups in total. The normalized spacial score (nSPS) is 13.9. The van der Waals surface area contributed by atoms with E-state index in [-0.39, 0.29) is 16.9 Å². The van der Waals surface area contributed by atoms with Gasteiger partial charge in [0.2, 0.25) is 5.91 Å². The van der Waals surface area contributed by atoms with Gasteiger partial charge in [0.1, 0.15) is 11.9 Å². The molecule has 1 unspecified atom stereocenters. The highest BCUT2D eigenvalue weighted by molar-refractivity contribution is 6.01. The zero-order valence-corrected chi connectivity index (χ0v) is 15.1. The highest BCUT2D eigenvalue weighted by atomic mass is 19.1. The quantitative estimate of drug-likeness (QED) is 0.538. The average Bonchev–Trinajstić information content (AvgIpc) is 2.70. The molecule has 1 aliphatic heterocycles. The molecule has 0 fully saturated rings. The van der Waals surface area contributed by atoms with E-state index in [0.29, 0.717) is 25.1 Å². The molecule has 0 bridgehead atoms. The number of nitro groups is 1. The van der Waals surface area contributed by atoms with Crippen molar-refractivity contribution in [2.24, 2.45) is 0 Å². The summed E-state index contributed by atoms with van der Waals surface area (Å²) >= 11 is 0. The van der Waals surface area contributed by atoms with Gasteiger partial charge in [0, 0.05) is 24.2 Å². The van der Waals surface area contributed by atoms with Gasteiger partial charge in [-0.2, -0.15) is 0 Å². The SMILES string of the molecule is CC(NC(=O)c1cccc([N+](=O)[O-])c1)C(=O)Nc1ccc2c(c1F)CCNC2. The Balaban J connectivity index is 1.67. The van der Waals surface area contributed by atoms with Crippen LogP contribution in [-0.4, -0.2) is 29.3 Å². The topological polar surface area (TPSA) is 113 Å². The minimum atomic E-state index is -0.969. The van der Waals surface area contributed by atoms with Gasteiger partial charge in [0.15, 0.2) is 0 Å². The molecule has 9 heteroatoms. The van der Waals surface area contributed by atoms with E-state index in [9.17, 15) is 24.1 Å². The lowest BCUT2D eigenvalue weighted by atomic mass is 9.99. The maximum absolute atomic E-state index is 14.6. The number of amides is 2. The number of fused-ring (bicyclic) bond motifs is 1. The Labute approximate surface area is 160 Å². The zero-order chi connectivity index (χ0) is 20.3. The lowest BCUT2D eigenvalue weighted by Crippen LogP contribution is -2.41. The van der Waals surface area contributed by atoms with Crippen molar-refractivity contribution in [1.29, 1.82) is 0 Å². The third kappa shape index (κ3) is 4.15. The van der Waals surface area contributed by atoms with Crippen LogP contribution in [0.2, 0.25) is 0 Å². The fourth-order valence-electron chi connectivity index (χ4n) is 2.98. The van der Waals surface area contributed by atoms with Crippen LogP contribution in [0.25, 0.3) is 0 Å². The Kier molecular flexibility index (Phi) is 5.65. The number of hydrogen-bond donors (Lipinski definition) is 3. The summed E-state index contributed by atoms with van der Waals surface area (Å²) in [6.07, 6.45) is 0.532. The maximum atomic E-state index is 14.6. The Bertz CT molecular complexity index is 948. The summed E-state index contributed by atoms with van der Waals surface area (Å²) in [5.74, 6) is -1.69. The minimum Gasteiger partial charge on any atom is -0.341 e. The van der Waals surface area contributed by atoms with E-state index in [4.69, 9.17) is 0 Å². The fourth-order valence-corrected chi connectivity index (χ4v) is 2.98. The first kappa shape index (κ1) is 19.4. The number of hydrogen-bond acceptors (Lipinski definition) is 5. The predicted molar refractivity (Wildman–Crippen MR) is 100 cm³/mol. The number of halogens is 1. The Morgan fingerprint density at radius 1 is 1.29 bits per heavy atom. The van der Waals surface area contributed by atoms with Gasteiger partial charge in [-0.05, 0) is 43.1 Å². The van der Waals surface area contributed by atoms with Crippen LogP contribution in [-0.2, 0) is 17.8 Å². The van der Waals surface area contributed by atoms with E-state index < -0.39 is 28.6 Å². The van der Waals surface area contributed by atoms with Crippen molar-refractivity contribution in [2.45, 2.75) is 25.9 Å². The molecule has 0 spiro atoms. The second-order valence-corrected chi connectivity index (χ2v) is 6.48. The van der Waals surface area contributed by atoms with Gasteiger partial charge >= 0.3 is 0 Å². The molecular weight excluding hydrogens is 367 g/mol. The van der Waals surface area contributed by atoms with Gasteiger partial charge < -0.3 is 16.0 Å². The molecule has 8 nitrogen and oxygen atoms in total. The van der Waals surface area contributed by atoms with E-state index in [1.54, 1.807) is 6.07 Å². The third-order valence-electron chi connectivity index (χ3n) is 4.53. The number of nitrogens with zero attached hydrogens (tertiary/aromatic N) is 1. The summed E-state index contributed by atoms with van der Waals surface area (Å²) in [5.41, 5.74) is 1.32. The minimum absolute atomic E-state index is 0.0568. The number of rotatable bonds is 5. The number of benzene rings is 2. The summed E-state index contributed by atoms with van der Waals surface area (Å²) in [5, 5.41) is 18.9. The highest BCUT2D eigenvalue weighted by Gasteiger charge is 2.21. The average molecular weight is 386 g/mol. The van der Waals surface area contributed by atoms with Crippen molar-refractivity contribution >= 4 is 23.2 Å². The van der Waals surface area contributed by atoms with Gasteiger partial charge in [0.25, 0.3) is 11.6 Å². The lowest BCUT2D eigenvalue weighted by Gasteiger charge is -2.20. The Morgan fingerprint density at radius 3 is 2.82 bits per heavy atom. The van der Waals surface area contributed by atoms with Gasteiger partial charge in [-0.15, -0.1) is 0 Å². The molecule has 2 aromatic carbocycles. The molecule has 1 heterocycles. The van der Waals surface area contributed by atoms with Crippen LogP contribution in [0, 0.1) is 15.9 Å². The molecule has 0 radical (unpaired) electrons. The van der Waals surface area contributed by atoms with Crippen molar-refractivity contribution in [3.05, 3.63) is 69.0 Å². The Hall–Kier alpha value is -3.33. The van der Waals surface area contributed by atoms with Crippen LogP contribution in [0.1, 0.15) is 28.4 Å². The summed E-state index contributed by atoms with van der Waals surface area (Å²) in [6.45, 7) is 2.69. The third-order valence-corrected chi connectivity index (χ3v) is 4.53.